The van der Waals surface area contributed by atoms with Crippen LogP contribution in [0, 0.1) is 6.92 Å². The molecule has 7 nitrogen and oxygen atoms in total. The number of amides is 1. The van der Waals surface area contributed by atoms with Gasteiger partial charge in [0.15, 0.2) is 5.60 Å². The molecule has 0 aliphatic heterocycles. The molecule has 1 heterocycles. The van der Waals surface area contributed by atoms with Crippen LogP contribution in [-0.4, -0.2) is 30.3 Å². The van der Waals surface area contributed by atoms with Gasteiger partial charge in [0, 0.05) is 37.3 Å². The zero-order valence-corrected chi connectivity index (χ0v) is 18.7. The molecule has 33 heavy (non-hydrogen) atoms. The largest absolute Gasteiger partial charge is 0.378 e. The summed E-state index contributed by atoms with van der Waals surface area (Å²) < 4.78 is 4.76. The summed E-state index contributed by atoms with van der Waals surface area (Å²) in [5, 5.41) is 19.2. The van der Waals surface area contributed by atoms with Gasteiger partial charge in [-0.25, -0.2) is 4.79 Å². The van der Waals surface area contributed by atoms with Gasteiger partial charge in [0.25, 0.3) is 5.91 Å². The number of aromatic nitrogens is 1. The smallest absolute Gasteiger partial charge is 0.366 e. The number of benzene rings is 3. The molecule has 4 rings (SSSR count). The number of fused-ring (bicyclic) bond motifs is 1. The van der Waals surface area contributed by atoms with E-state index in [1.54, 1.807) is 37.3 Å². The average molecular weight is 444 g/mol. The molecule has 1 atom stereocenters. The Kier molecular flexibility index (Phi) is 5.98. The van der Waals surface area contributed by atoms with Crippen molar-refractivity contribution in [2.45, 2.75) is 18.9 Å². The van der Waals surface area contributed by atoms with E-state index in [2.05, 4.69) is 10.5 Å². The van der Waals surface area contributed by atoms with E-state index in [1.807, 2.05) is 61.5 Å². The van der Waals surface area contributed by atoms with Gasteiger partial charge in [-0.3, -0.25) is 4.79 Å². The molecule has 3 aromatic carbocycles. The molecule has 0 saturated carbocycles. The minimum Gasteiger partial charge on any atom is -0.378 e. The van der Waals surface area contributed by atoms with E-state index in [1.165, 1.54) is 0 Å². The summed E-state index contributed by atoms with van der Waals surface area (Å²) in [6.07, 6.45) is 0.0960. The third-order valence-corrected chi connectivity index (χ3v) is 5.69. The number of aryl methyl sites for hydroxylation is 1. The predicted octanol–water partition coefficient (Wildman–Crippen LogP) is 3.63. The van der Waals surface area contributed by atoms with Crippen LogP contribution in [0.1, 0.15) is 16.8 Å². The van der Waals surface area contributed by atoms with Crippen molar-refractivity contribution in [3.8, 4) is 0 Å². The van der Waals surface area contributed by atoms with E-state index in [0.717, 1.165) is 11.3 Å². The first kappa shape index (κ1) is 22.2. The predicted molar refractivity (Wildman–Crippen MR) is 128 cm³/mol. The molecular formula is C26H25N3O4. The molecule has 0 aliphatic carbocycles. The first-order chi connectivity index (χ1) is 15.8. The number of hydrogen-bond acceptors (Lipinski definition) is 6. The molecule has 1 aromatic heterocycles. The van der Waals surface area contributed by atoms with Crippen LogP contribution in [0.4, 0.5) is 11.4 Å². The van der Waals surface area contributed by atoms with Crippen LogP contribution in [0.2, 0.25) is 0 Å². The number of anilines is 2. The van der Waals surface area contributed by atoms with Crippen molar-refractivity contribution in [3.05, 3.63) is 100 Å². The van der Waals surface area contributed by atoms with Crippen molar-refractivity contribution in [3.63, 3.8) is 0 Å². The van der Waals surface area contributed by atoms with Gasteiger partial charge in [-0.15, -0.1) is 0 Å². The lowest BCUT2D eigenvalue weighted by Crippen LogP contribution is -2.42. The van der Waals surface area contributed by atoms with E-state index in [-0.39, 0.29) is 6.42 Å². The monoisotopic (exact) mass is 443 g/mol. The fourth-order valence-electron chi connectivity index (χ4n) is 3.78. The number of nitrogens with one attached hydrogen (secondary N) is 1. The third kappa shape index (κ3) is 4.49. The summed E-state index contributed by atoms with van der Waals surface area (Å²) in [4.78, 5) is 27.4. The lowest BCUT2D eigenvalue weighted by atomic mass is 9.86. The van der Waals surface area contributed by atoms with Gasteiger partial charge in [-0.2, -0.15) is 0 Å². The Balaban J connectivity index is 1.72. The van der Waals surface area contributed by atoms with Gasteiger partial charge in [0.2, 0.25) is 0 Å². The Hall–Kier alpha value is -3.97. The molecule has 0 spiro atoms. The van der Waals surface area contributed by atoms with Gasteiger partial charge in [-0.05, 0) is 48.4 Å². The molecule has 2 N–H and O–H groups in total. The Bertz CT molecular complexity index is 1350. The van der Waals surface area contributed by atoms with Crippen LogP contribution in [0.25, 0.3) is 10.8 Å². The zero-order valence-electron chi connectivity index (χ0n) is 18.7. The van der Waals surface area contributed by atoms with Gasteiger partial charge in [-0.1, -0.05) is 47.6 Å². The fourth-order valence-corrected chi connectivity index (χ4v) is 3.78. The molecule has 1 unspecified atom stereocenters. The van der Waals surface area contributed by atoms with E-state index in [9.17, 15) is 14.7 Å². The normalized spacial score (nSPS) is 12.8. The van der Waals surface area contributed by atoms with Gasteiger partial charge in [0.05, 0.1) is 11.1 Å². The molecule has 0 fully saturated rings. The SMILES string of the molecule is Cc1noc(=O)c2ccc(NC(=O)C(O)(Cc3ccccc3)c3ccc(N(C)C)cc3)cc12. The second-order valence-corrected chi connectivity index (χ2v) is 8.23. The molecular weight excluding hydrogens is 418 g/mol. The number of aliphatic hydroxyl groups is 1. The second-order valence-electron chi connectivity index (χ2n) is 8.23. The summed E-state index contributed by atoms with van der Waals surface area (Å²) >= 11 is 0. The van der Waals surface area contributed by atoms with E-state index < -0.39 is 17.1 Å². The average Bonchev–Trinajstić information content (AvgIpc) is 2.82. The van der Waals surface area contributed by atoms with E-state index >= 15 is 0 Å². The topological polar surface area (TPSA) is 95.7 Å². The lowest BCUT2D eigenvalue weighted by molar-refractivity contribution is -0.135. The van der Waals surface area contributed by atoms with Crippen LogP contribution >= 0.6 is 0 Å². The summed E-state index contributed by atoms with van der Waals surface area (Å²) in [5.74, 6) is -0.572. The number of carbonyl (C=O) groups is 1. The summed E-state index contributed by atoms with van der Waals surface area (Å²) in [5.41, 5.74) is 0.868. The van der Waals surface area contributed by atoms with Crippen molar-refractivity contribution >= 4 is 28.1 Å². The van der Waals surface area contributed by atoms with Crippen molar-refractivity contribution in [1.29, 1.82) is 0 Å². The summed E-state index contributed by atoms with van der Waals surface area (Å²) in [7, 11) is 3.85. The zero-order chi connectivity index (χ0) is 23.6. The number of hydrogen-bond donors (Lipinski definition) is 2. The molecule has 1 amide bonds. The van der Waals surface area contributed by atoms with Crippen molar-refractivity contribution in [1.82, 2.24) is 5.16 Å². The van der Waals surface area contributed by atoms with Gasteiger partial charge >= 0.3 is 5.63 Å². The summed E-state index contributed by atoms with van der Waals surface area (Å²) in [6.45, 7) is 1.72. The highest BCUT2D eigenvalue weighted by atomic mass is 16.5. The minimum atomic E-state index is -1.82. The highest BCUT2D eigenvalue weighted by Crippen LogP contribution is 2.30. The maximum Gasteiger partial charge on any atom is 0.366 e. The number of rotatable bonds is 6. The highest BCUT2D eigenvalue weighted by molar-refractivity contribution is 6.00. The van der Waals surface area contributed by atoms with Crippen molar-refractivity contribution in [2.24, 2.45) is 0 Å². The molecule has 0 radical (unpaired) electrons. The molecule has 0 bridgehead atoms. The van der Waals surface area contributed by atoms with Crippen LogP contribution in [0.5, 0.6) is 0 Å². The van der Waals surface area contributed by atoms with Crippen molar-refractivity contribution < 1.29 is 14.4 Å². The highest BCUT2D eigenvalue weighted by Gasteiger charge is 2.38. The first-order valence-corrected chi connectivity index (χ1v) is 10.5. The van der Waals surface area contributed by atoms with Gasteiger partial charge < -0.3 is 19.8 Å². The van der Waals surface area contributed by atoms with Crippen LogP contribution in [0.15, 0.2) is 82.1 Å². The molecule has 0 saturated heterocycles. The van der Waals surface area contributed by atoms with Crippen LogP contribution in [0.3, 0.4) is 0 Å². The Morgan fingerprint density at radius 3 is 2.39 bits per heavy atom. The lowest BCUT2D eigenvalue weighted by Gasteiger charge is -2.28. The molecule has 4 aromatic rings. The van der Waals surface area contributed by atoms with Gasteiger partial charge in [0.1, 0.15) is 0 Å². The Labute approximate surface area is 191 Å². The quantitative estimate of drug-likeness (QED) is 0.473. The minimum absolute atomic E-state index is 0.0960. The fraction of sp³-hybridized carbons (Fsp3) is 0.192. The maximum atomic E-state index is 13.5. The molecule has 168 valence electrons. The number of nitrogens with zero attached hydrogens (tertiary/aromatic N) is 2. The first-order valence-electron chi connectivity index (χ1n) is 10.5. The van der Waals surface area contributed by atoms with Crippen LogP contribution in [-0.2, 0) is 16.8 Å². The second kappa shape index (κ2) is 8.88. The van der Waals surface area contributed by atoms with Crippen molar-refractivity contribution in [2.75, 3.05) is 24.3 Å². The third-order valence-electron chi connectivity index (χ3n) is 5.69. The maximum absolute atomic E-state index is 13.5. The van der Waals surface area contributed by atoms with Crippen LogP contribution < -0.4 is 15.8 Å². The summed E-state index contributed by atoms with van der Waals surface area (Å²) in [6, 6.07) is 21.5. The Morgan fingerprint density at radius 1 is 1.03 bits per heavy atom. The standard InChI is InChI=1S/C26H25N3O4/c1-17-23-15-20(11-14-22(23)24(30)33-28-17)27-25(31)26(32,16-18-7-5-4-6-8-18)19-9-12-21(13-10-19)29(2)3/h4-15,32H,16H2,1-3H3,(H,27,31). The van der Waals surface area contributed by atoms with E-state index in [0.29, 0.717) is 27.7 Å². The number of carbonyl (C=O) groups excluding carboxylic acids is 1. The molecule has 7 heteroatoms. The Morgan fingerprint density at radius 2 is 1.73 bits per heavy atom. The molecule has 0 aliphatic rings. The van der Waals surface area contributed by atoms with E-state index in [4.69, 9.17) is 4.52 Å².